The van der Waals surface area contributed by atoms with Crippen LogP contribution in [0.2, 0.25) is 0 Å². The molecule has 0 aliphatic carbocycles. The Morgan fingerprint density at radius 3 is 2.90 bits per heavy atom. The molecule has 1 aliphatic rings. The standard InChI is InChI=1S/C14H23N5O2/c1-14(2,3)21-13(20)16-9-11-5-8-18(10-11)12(15)19-7-4-6-17-19/h4,6-7,11,15H,5,8-10H2,1-3H3,(H,16,20). The largest absolute Gasteiger partial charge is 0.444 e. The molecule has 2 N–H and O–H groups in total. The van der Waals surface area contributed by atoms with Crippen LogP contribution in [-0.2, 0) is 4.74 Å². The van der Waals surface area contributed by atoms with Gasteiger partial charge in [0.25, 0.3) is 0 Å². The minimum Gasteiger partial charge on any atom is -0.444 e. The van der Waals surface area contributed by atoms with Crippen LogP contribution in [0.1, 0.15) is 27.2 Å². The Hall–Kier alpha value is -2.05. The maximum Gasteiger partial charge on any atom is 0.407 e. The van der Waals surface area contributed by atoms with Gasteiger partial charge in [-0.15, -0.1) is 0 Å². The van der Waals surface area contributed by atoms with Gasteiger partial charge in [0.1, 0.15) is 5.60 Å². The van der Waals surface area contributed by atoms with Crippen LogP contribution in [0.25, 0.3) is 0 Å². The average molecular weight is 293 g/mol. The second kappa shape index (κ2) is 6.15. The SMILES string of the molecule is CC(C)(C)OC(=O)NCC1CCN(C(=N)n2cccn2)C1. The van der Waals surface area contributed by atoms with E-state index in [-0.39, 0.29) is 6.09 Å². The first-order chi connectivity index (χ1) is 9.85. The average Bonchev–Trinajstić information content (AvgIpc) is 3.05. The van der Waals surface area contributed by atoms with Crippen LogP contribution in [-0.4, -0.2) is 52.0 Å². The number of aromatic nitrogens is 2. The van der Waals surface area contributed by atoms with Crippen molar-refractivity contribution in [1.82, 2.24) is 20.0 Å². The molecule has 1 saturated heterocycles. The summed E-state index contributed by atoms with van der Waals surface area (Å²) >= 11 is 0. The van der Waals surface area contributed by atoms with Crippen molar-refractivity contribution in [3.63, 3.8) is 0 Å². The van der Waals surface area contributed by atoms with Gasteiger partial charge in [0.15, 0.2) is 0 Å². The Morgan fingerprint density at radius 2 is 2.29 bits per heavy atom. The second-order valence-electron chi connectivity index (χ2n) is 6.26. The molecule has 1 unspecified atom stereocenters. The van der Waals surface area contributed by atoms with Crippen molar-refractivity contribution in [2.75, 3.05) is 19.6 Å². The molecule has 0 saturated carbocycles. The summed E-state index contributed by atoms with van der Waals surface area (Å²) in [7, 11) is 0. The molecule has 1 amide bonds. The summed E-state index contributed by atoms with van der Waals surface area (Å²) in [5.74, 6) is 0.702. The zero-order valence-electron chi connectivity index (χ0n) is 12.8. The predicted molar refractivity (Wildman–Crippen MR) is 79.3 cm³/mol. The van der Waals surface area contributed by atoms with E-state index in [0.717, 1.165) is 19.5 Å². The van der Waals surface area contributed by atoms with Crippen molar-refractivity contribution >= 4 is 12.1 Å². The highest BCUT2D eigenvalue weighted by Gasteiger charge is 2.26. The lowest BCUT2D eigenvalue weighted by molar-refractivity contribution is 0.0520. The fourth-order valence-electron chi connectivity index (χ4n) is 2.27. The van der Waals surface area contributed by atoms with Crippen LogP contribution in [0.15, 0.2) is 18.5 Å². The molecule has 7 heteroatoms. The van der Waals surface area contributed by atoms with Crippen molar-refractivity contribution in [1.29, 1.82) is 5.41 Å². The molecule has 1 atom stereocenters. The van der Waals surface area contributed by atoms with Crippen LogP contribution in [0.4, 0.5) is 4.79 Å². The van der Waals surface area contributed by atoms with E-state index in [1.54, 1.807) is 23.1 Å². The highest BCUT2D eigenvalue weighted by Crippen LogP contribution is 2.16. The van der Waals surface area contributed by atoms with Gasteiger partial charge in [-0.25, -0.2) is 9.48 Å². The molecule has 1 fully saturated rings. The zero-order chi connectivity index (χ0) is 15.5. The summed E-state index contributed by atoms with van der Waals surface area (Å²) < 4.78 is 6.76. The third-order valence-electron chi connectivity index (χ3n) is 3.24. The normalized spacial score (nSPS) is 18.6. The van der Waals surface area contributed by atoms with Gasteiger partial charge in [0.2, 0.25) is 5.96 Å². The van der Waals surface area contributed by atoms with Gasteiger partial charge < -0.3 is 15.0 Å². The fourth-order valence-corrected chi connectivity index (χ4v) is 2.27. The van der Waals surface area contributed by atoms with E-state index in [1.807, 2.05) is 25.7 Å². The lowest BCUT2D eigenvalue weighted by atomic mass is 10.1. The number of alkyl carbamates (subject to hydrolysis) is 1. The topological polar surface area (TPSA) is 83.2 Å². The van der Waals surface area contributed by atoms with Crippen molar-refractivity contribution in [2.24, 2.45) is 5.92 Å². The Kier molecular flexibility index (Phi) is 4.50. The molecule has 1 aliphatic heterocycles. The van der Waals surface area contributed by atoms with Crippen molar-refractivity contribution < 1.29 is 9.53 Å². The molecular formula is C14H23N5O2. The number of hydrogen-bond donors (Lipinski definition) is 2. The number of amides is 1. The fraction of sp³-hybridized carbons (Fsp3) is 0.643. The molecule has 21 heavy (non-hydrogen) atoms. The number of likely N-dealkylation sites (tertiary alicyclic amines) is 1. The van der Waals surface area contributed by atoms with E-state index in [0.29, 0.717) is 18.4 Å². The summed E-state index contributed by atoms with van der Waals surface area (Å²) in [5, 5.41) is 14.9. The molecule has 7 nitrogen and oxygen atoms in total. The number of carbonyl (C=O) groups is 1. The van der Waals surface area contributed by atoms with Crippen molar-refractivity contribution in [3.8, 4) is 0 Å². The van der Waals surface area contributed by atoms with Crippen LogP contribution in [0, 0.1) is 11.3 Å². The van der Waals surface area contributed by atoms with Crippen LogP contribution >= 0.6 is 0 Å². The second-order valence-corrected chi connectivity index (χ2v) is 6.26. The molecule has 0 radical (unpaired) electrons. The summed E-state index contributed by atoms with van der Waals surface area (Å²) in [4.78, 5) is 13.6. The van der Waals surface area contributed by atoms with E-state index in [2.05, 4.69) is 10.4 Å². The maximum atomic E-state index is 11.6. The summed E-state index contributed by atoms with van der Waals surface area (Å²) in [6, 6.07) is 1.80. The van der Waals surface area contributed by atoms with Crippen molar-refractivity contribution in [2.45, 2.75) is 32.8 Å². The van der Waals surface area contributed by atoms with Crippen LogP contribution < -0.4 is 5.32 Å². The number of nitrogens with zero attached hydrogens (tertiary/aromatic N) is 3. The Labute approximate surface area is 124 Å². The van der Waals surface area contributed by atoms with Gasteiger partial charge in [-0.1, -0.05) is 0 Å². The third kappa shape index (κ3) is 4.47. The molecule has 1 aromatic heterocycles. The van der Waals surface area contributed by atoms with Gasteiger partial charge in [-0.3, -0.25) is 5.41 Å². The highest BCUT2D eigenvalue weighted by molar-refractivity contribution is 5.78. The Bertz CT molecular complexity index is 492. The minimum atomic E-state index is -0.478. The Balaban J connectivity index is 1.76. The van der Waals surface area contributed by atoms with Gasteiger partial charge in [0.05, 0.1) is 0 Å². The Morgan fingerprint density at radius 1 is 1.52 bits per heavy atom. The monoisotopic (exact) mass is 293 g/mol. The van der Waals surface area contributed by atoms with E-state index in [1.165, 1.54) is 0 Å². The molecule has 2 rings (SSSR count). The van der Waals surface area contributed by atoms with E-state index < -0.39 is 5.60 Å². The smallest absolute Gasteiger partial charge is 0.407 e. The minimum absolute atomic E-state index is 0.327. The number of rotatable bonds is 2. The zero-order valence-corrected chi connectivity index (χ0v) is 12.8. The van der Waals surface area contributed by atoms with E-state index in [9.17, 15) is 4.79 Å². The molecule has 0 bridgehead atoms. The van der Waals surface area contributed by atoms with Crippen LogP contribution in [0.5, 0.6) is 0 Å². The van der Waals surface area contributed by atoms with E-state index in [4.69, 9.17) is 10.1 Å². The number of carbonyl (C=O) groups excluding carboxylic acids is 1. The first kappa shape index (κ1) is 15.3. The molecule has 0 aromatic carbocycles. The predicted octanol–water partition coefficient (Wildman–Crippen LogP) is 1.51. The summed E-state index contributed by atoms with van der Waals surface area (Å²) in [5.41, 5.74) is -0.478. The first-order valence-corrected chi connectivity index (χ1v) is 7.15. The van der Waals surface area contributed by atoms with Gasteiger partial charge >= 0.3 is 6.09 Å². The summed E-state index contributed by atoms with van der Waals surface area (Å²) in [6.07, 6.45) is 3.98. The molecule has 2 heterocycles. The number of hydrogen-bond acceptors (Lipinski definition) is 4. The lowest BCUT2D eigenvalue weighted by Gasteiger charge is -2.21. The van der Waals surface area contributed by atoms with Gasteiger partial charge in [-0.05, 0) is 39.2 Å². The third-order valence-corrected chi connectivity index (χ3v) is 3.24. The van der Waals surface area contributed by atoms with Crippen LogP contribution in [0.3, 0.4) is 0 Å². The number of ether oxygens (including phenoxy) is 1. The van der Waals surface area contributed by atoms with Gasteiger partial charge in [-0.2, -0.15) is 5.10 Å². The first-order valence-electron chi connectivity index (χ1n) is 7.15. The van der Waals surface area contributed by atoms with Gasteiger partial charge in [0, 0.05) is 32.0 Å². The quantitative estimate of drug-likeness (QED) is 0.639. The van der Waals surface area contributed by atoms with E-state index >= 15 is 0 Å². The molecular weight excluding hydrogens is 270 g/mol. The molecule has 1 aromatic rings. The summed E-state index contributed by atoms with van der Waals surface area (Å²) in [6.45, 7) is 7.64. The highest BCUT2D eigenvalue weighted by atomic mass is 16.6. The number of nitrogens with one attached hydrogen (secondary N) is 2. The maximum absolute atomic E-state index is 11.6. The molecule has 116 valence electrons. The lowest BCUT2D eigenvalue weighted by Crippen LogP contribution is -2.37. The molecule has 0 spiro atoms. The van der Waals surface area contributed by atoms with Crippen molar-refractivity contribution in [3.05, 3.63) is 18.5 Å².